The van der Waals surface area contributed by atoms with Gasteiger partial charge in [-0.25, -0.2) is 0 Å². The highest BCUT2D eigenvalue weighted by Gasteiger charge is 2.16. The molecule has 1 heterocycles. The summed E-state index contributed by atoms with van der Waals surface area (Å²) in [5.41, 5.74) is 2.10. The third-order valence-corrected chi connectivity index (χ3v) is 2.76. The summed E-state index contributed by atoms with van der Waals surface area (Å²) in [5.74, 6) is 0.832. The molecular weight excluding hydrogens is 216 g/mol. The molecular formula is C13H16N2O2. The number of benzene rings is 1. The molecule has 1 atom stereocenters. The summed E-state index contributed by atoms with van der Waals surface area (Å²) in [6.07, 6.45) is 0.833. The summed E-state index contributed by atoms with van der Waals surface area (Å²) in [7, 11) is 0. The van der Waals surface area contributed by atoms with Crippen LogP contribution in [0.1, 0.15) is 37.8 Å². The maximum atomic E-state index is 9.63. The molecule has 90 valence electrons. The molecule has 0 bridgehead atoms. The fraction of sp³-hybridized carbons (Fsp3) is 0.385. The molecule has 0 amide bonds. The molecule has 0 aliphatic carbocycles. The highest BCUT2D eigenvalue weighted by molar-refractivity contribution is 5.58. The third kappa shape index (κ3) is 2.36. The number of aryl methyl sites for hydroxylation is 1. The number of hydrogen-bond donors (Lipinski definition) is 1. The van der Waals surface area contributed by atoms with E-state index in [4.69, 9.17) is 4.52 Å². The zero-order valence-electron chi connectivity index (χ0n) is 10.1. The van der Waals surface area contributed by atoms with Gasteiger partial charge in [-0.15, -0.1) is 0 Å². The number of aromatic nitrogens is 2. The van der Waals surface area contributed by atoms with Gasteiger partial charge in [0.25, 0.3) is 5.89 Å². The molecule has 2 aromatic rings. The molecule has 1 aromatic carbocycles. The van der Waals surface area contributed by atoms with Gasteiger partial charge >= 0.3 is 0 Å². The van der Waals surface area contributed by atoms with Crippen molar-refractivity contribution >= 4 is 0 Å². The van der Waals surface area contributed by atoms with Crippen LogP contribution in [-0.2, 0) is 6.42 Å². The quantitative estimate of drug-likeness (QED) is 0.880. The third-order valence-electron chi connectivity index (χ3n) is 2.76. The second-order valence-electron chi connectivity index (χ2n) is 3.89. The Morgan fingerprint density at radius 3 is 2.76 bits per heavy atom. The Morgan fingerprint density at radius 1 is 1.29 bits per heavy atom. The van der Waals surface area contributed by atoms with Crippen LogP contribution in [0.2, 0.25) is 0 Å². The van der Waals surface area contributed by atoms with Gasteiger partial charge in [0.2, 0.25) is 5.82 Å². The van der Waals surface area contributed by atoms with E-state index in [1.54, 1.807) is 0 Å². The fourth-order valence-electron chi connectivity index (χ4n) is 1.70. The summed E-state index contributed by atoms with van der Waals surface area (Å²) in [6, 6.07) is 7.92. The molecule has 2 rings (SSSR count). The Hall–Kier alpha value is -1.68. The first-order valence-electron chi connectivity index (χ1n) is 5.86. The molecule has 17 heavy (non-hydrogen) atoms. The summed E-state index contributed by atoms with van der Waals surface area (Å²) >= 11 is 0. The van der Waals surface area contributed by atoms with Crippen molar-refractivity contribution in [1.29, 1.82) is 0 Å². The van der Waals surface area contributed by atoms with Crippen molar-refractivity contribution in [2.75, 3.05) is 0 Å². The number of aliphatic hydroxyl groups is 1. The Labute approximate surface area is 100 Å². The van der Waals surface area contributed by atoms with Crippen molar-refractivity contribution in [2.24, 2.45) is 0 Å². The maximum absolute atomic E-state index is 9.63. The van der Waals surface area contributed by atoms with Gasteiger partial charge in [0.05, 0.1) is 0 Å². The normalized spacial score (nSPS) is 12.6. The van der Waals surface area contributed by atoms with E-state index in [0.717, 1.165) is 17.5 Å². The topological polar surface area (TPSA) is 59.2 Å². The first-order valence-corrected chi connectivity index (χ1v) is 5.86. The maximum Gasteiger partial charge on any atom is 0.258 e. The predicted octanol–water partition coefficient (Wildman–Crippen LogP) is 2.74. The fourth-order valence-corrected chi connectivity index (χ4v) is 1.70. The second-order valence-corrected chi connectivity index (χ2v) is 3.89. The van der Waals surface area contributed by atoms with Gasteiger partial charge in [0.1, 0.15) is 6.10 Å². The van der Waals surface area contributed by atoms with Gasteiger partial charge in [-0.2, -0.15) is 4.98 Å². The van der Waals surface area contributed by atoms with Crippen molar-refractivity contribution in [3.63, 3.8) is 0 Å². The summed E-state index contributed by atoms with van der Waals surface area (Å²) < 4.78 is 5.20. The van der Waals surface area contributed by atoms with E-state index in [0.29, 0.717) is 18.1 Å². The van der Waals surface area contributed by atoms with Crippen molar-refractivity contribution in [2.45, 2.75) is 32.8 Å². The van der Waals surface area contributed by atoms with Gasteiger partial charge in [0, 0.05) is 5.56 Å². The number of hydrogen-bond acceptors (Lipinski definition) is 4. The SMILES string of the molecule is CCc1ccccc1-c1nc(C(O)CC)no1. The Kier molecular flexibility index (Phi) is 3.54. The number of nitrogens with zero attached hydrogens (tertiary/aromatic N) is 2. The number of aliphatic hydroxyl groups excluding tert-OH is 1. The average Bonchev–Trinajstić information content (AvgIpc) is 2.87. The minimum atomic E-state index is -0.652. The van der Waals surface area contributed by atoms with E-state index in [2.05, 4.69) is 17.1 Å². The Bertz CT molecular complexity index is 494. The van der Waals surface area contributed by atoms with E-state index in [1.807, 2.05) is 31.2 Å². The Balaban J connectivity index is 2.37. The molecule has 0 radical (unpaired) electrons. The van der Waals surface area contributed by atoms with Gasteiger partial charge in [-0.05, 0) is 24.5 Å². The smallest absolute Gasteiger partial charge is 0.258 e. The molecule has 0 fully saturated rings. The van der Waals surface area contributed by atoms with E-state index >= 15 is 0 Å². The lowest BCUT2D eigenvalue weighted by Gasteiger charge is -2.02. The van der Waals surface area contributed by atoms with Crippen LogP contribution in [-0.4, -0.2) is 15.2 Å². The molecule has 0 spiro atoms. The summed E-state index contributed by atoms with van der Waals surface area (Å²) in [6.45, 7) is 3.96. The summed E-state index contributed by atoms with van der Waals surface area (Å²) in [4.78, 5) is 4.23. The van der Waals surface area contributed by atoms with Crippen molar-refractivity contribution < 1.29 is 9.63 Å². The van der Waals surface area contributed by atoms with Crippen LogP contribution in [0, 0.1) is 0 Å². The summed E-state index contributed by atoms with van der Waals surface area (Å²) in [5, 5.41) is 13.4. The predicted molar refractivity (Wildman–Crippen MR) is 64.4 cm³/mol. The molecule has 4 nitrogen and oxygen atoms in total. The lowest BCUT2D eigenvalue weighted by Crippen LogP contribution is -1.97. The largest absolute Gasteiger partial charge is 0.385 e. The first kappa shape index (κ1) is 11.8. The van der Waals surface area contributed by atoms with Crippen molar-refractivity contribution in [1.82, 2.24) is 10.1 Å². The van der Waals surface area contributed by atoms with E-state index in [1.165, 1.54) is 0 Å². The lowest BCUT2D eigenvalue weighted by atomic mass is 10.1. The van der Waals surface area contributed by atoms with Crippen LogP contribution < -0.4 is 0 Å². The highest BCUT2D eigenvalue weighted by Crippen LogP contribution is 2.24. The zero-order chi connectivity index (χ0) is 12.3. The van der Waals surface area contributed by atoms with Crippen LogP contribution in [0.3, 0.4) is 0 Å². The first-order chi connectivity index (χ1) is 8.26. The van der Waals surface area contributed by atoms with Gasteiger partial charge in [-0.1, -0.05) is 37.2 Å². The lowest BCUT2D eigenvalue weighted by molar-refractivity contribution is 0.159. The average molecular weight is 232 g/mol. The minimum absolute atomic E-state index is 0.355. The zero-order valence-corrected chi connectivity index (χ0v) is 10.1. The van der Waals surface area contributed by atoms with Crippen molar-refractivity contribution in [3.05, 3.63) is 35.7 Å². The molecule has 1 N–H and O–H groups in total. The van der Waals surface area contributed by atoms with Crippen LogP contribution in [0.5, 0.6) is 0 Å². The highest BCUT2D eigenvalue weighted by atomic mass is 16.5. The Morgan fingerprint density at radius 2 is 2.06 bits per heavy atom. The van der Waals surface area contributed by atoms with Gasteiger partial charge < -0.3 is 9.63 Å². The van der Waals surface area contributed by atoms with E-state index in [9.17, 15) is 5.11 Å². The second kappa shape index (κ2) is 5.10. The van der Waals surface area contributed by atoms with E-state index < -0.39 is 6.10 Å². The molecule has 0 aliphatic rings. The molecule has 1 aromatic heterocycles. The van der Waals surface area contributed by atoms with Gasteiger partial charge in [0.15, 0.2) is 0 Å². The van der Waals surface area contributed by atoms with Crippen LogP contribution in [0.15, 0.2) is 28.8 Å². The number of rotatable bonds is 4. The minimum Gasteiger partial charge on any atom is -0.385 e. The molecule has 0 aliphatic heterocycles. The van der Waals surface area contributed by atoms with Crippen LogP contribution in [0.25, 0.3) is 11.5 Å². The molecule has 1 unspecified atom stereocenters. The van der Waals surface area contributed by atoms with E-state index in [-0.39, 0.29) is 0 Å². The van der Waals surface area contributed by atoms with Crippen molar-refractivity contribution in [3.8, 4) is 11.5 Å². The molecule has 4 heteroatoms. The molecule has 0 saturated carbocycles. The van der Waals surface area contributed by atoms with Gasteiger partial charge in [-0.3, -0.25) is 0 Å². The van der Waals surface area contributed by atoms with Crippen LogP contribution >= 0.6 is 0 Å². The monoisotopic (exact) mass is 232 g/mol. The van der Waals surface area contributed by atoms with Crippen LogP contribution in [0.4, 0.5) is 0 Å². The molecule has 0 saturated heterocycles. The standard InChI is InChI=1S/C13H16N2O2/c1-3-9-7-5-6-8-10(9)13-14-12(15-17-13)11(16)4-2/h5-8,11,16H,3-4H2,1-2H3.